The SMILES string of the molecule is C/C1=C/CC(/C(C)=C/c2csc(C)n2)OC(=O)C[C@H](O)C(C)(C)C(=O)[C@H](C)[C@@H](C)[C@@H](C)CCC1. The number of aliphatic hydroxyl groups is 1. The smallest absolute Gasteiger partial charge is 0.309 e. The minimum absolute atomic E-state index is 0.00171. The summed E-state index contributed by atoms with van der Waals surface area (Å²) >= 11 is 1.58. The van der Waals surface area contributed by atoms with Gasteiger partial charge in [0, 0.05) is 17.7 Å². The highest BCUT2D eigenvalue weighted by Crippen LogP contribution is 2.35. The van der Waals surface area contributed by atoms with Crippen LogP contribution in [-0.2, 0) is 14.3 Å². The summed E-state index contributed by atoms with van der Waals surface area (Å²) in [7, 11) is 0. The molecule has 0 aliphatic carbocycles. The lowest BCUT2D eigenvalue weighted by Crippen LogP contribution is -2.44. The van der Waals surface area contributed by atoms with Crippen LogP contribution in [0.1, 0.15) is 91.3 Å². The summed E-state index contributed by atoms with van der Waals surface area (Å²) in [5.74, 6) is -0.0824. The van der Waals surface area contributed by atoms with Gasteiger partial charge in [-0.3, -0.25) is 9.59 Å². The monoisotopic (exact) mass is 489 g/mol. The van der Waals surface area contributed by atoms with Gasteiger partial charge in [0.05, 0.1) is 28.6 Å². The Morgan fingerprint density at radius 1 is 1.24 bits per heavy atom. The third-order valence-electron chi connectivity index (χ3n) is 7.63. The molecule has 0 bridgehead atoms. The van der Waals surface area contributed by atoms with Crippen molar-refractivity contribution in [1.82, 2.24) is 4.98 Å². The predicted octanol–water partition coefficient (Wildman–Crippen LogP) is 6.54. The number of carbonyl (C=O) groups excluding carboxylic acids is 2. The van der Waals surface area contributed by atoms with Crippen LogP contribution in [0.25, 0.3) is 6.08 Å². The van der Waals surface area contributed by atoms with Gasteiger partial charge in [-0.25, -0.2) is 4.98 Å². The number of hydrogen-bond acceptors (Lipinski definition) is 6. The summed E-state index contributed by atoms with van der Waals surface area (Å²) in [5.41, 5.74) is 2.01. The number of cyclic esters (lactones) is 1. The van der Waals surface area contributed by atoms with Crippen molar-refractivity contribution < 1.29 is 19.4 Å². The van der Waals surface area contributed by atoms with Crippen molar-refractivity contribution in [3.63, 3.8) is 0 Å². The largest absolute Gasteiger partial charge is 0.457 e. The number of aliphatic hydroxyl groups excluding tert-OH is 1. The maximum Gasteiger partial charge on any atom is 0.309 e. The average molecular weight is 490 g/mol. The first-order valence-electron chi connectivity index (χ1n) is 12.5. The Morgan fingerprint density at radius 2 is 1.91 bits per heavy atom. The molecule has 0 amide bonds. The molecule has 1 aromatic heterocycles. The van der Waals surface area contributed by atoms with Crippen molar-refractivity contribution in [1.29, 1.82) is 0 Å². The van der Waals surface area contributed by atoms with E-state index in [0.29, 0.717) is 12.3 Å². The van der Waals surface area contributed by atoms with Gasteiger partial charge >= 0.3 is 5.97 Å². The van der Waals surface area contributed by atoms with Gasteiger partial charge in [0.2, 0.25) is 0 Å². The zero-order valence-electron chi connectivity index (χ0n) is 22.2. The molecule has 1 N–H and O–H groups in total. The number of hydrogen-bond donors (Lipinski definition) is 1. The summed E-state index contributed by atoms with van der Waals surface area (Å²) in [4.78, 5) is 30.7. The number of Topliss-reactive ketones (excluding diaryl/α,β-unsaturated/α-hetero) is 1. The fraction of sp³-hybridized carbons (Fsp3) is 0.679. The Bertz CT molecular complexity index is 913. The molecular weight excluding hydrogens is 446 g/mol. The maximum absolute atomic E-state index is 13.3. The van der Waals surface area contributed by atoms with Gasteiger partial charge in [0.1, 0.15) is 11.9 Å². The molecule has 0 saturated heterocycles. The van der Waals surface area contributed by atoms with Crippen LogP contribution in [0.3, 0.4) is 0 Å². The van der Waals surface area contributed by atoms with E-state index >= 15 is 0 Å². The Hall–Kier alpha value is -1.79. The lowest BCUT2D eigenvalue weighted by atomic mass is 9.70. The number of aromatic nitrogens is 1. The number of ether oxygens (including phenoxy) is 1. The van der Waals surface area contributed by atoms with E-state index in [1.807, 2.05) is 32.2 Å². The van der Waals surface area contributed by atoms with Crippen molar-refractivity contribution in [2.24, 2.45) is 23.2 Å². The highest BCUT2D eigenvalue weighted by atomic mass is 32.1. The van der Waals surface area contributed by atoms with Crippen molar-refractivity contribution in [3.05, 3.63) is 33.3 Å². The highest BCUT2D eigenvalue weighted by Gasteiger charge is 2.41. The summed E-state index contributed by atoms with van der Waals surface area (Å²) in [6.07, 6.45) is 6.02. The summed E-state index contributed by atoms with van der Waals surface area (Å²) < 4.78 is 5.86. The molecule has 5 nitrogen and oxygen atoms in total. The Balaban J connectivity index is 2.33. The van der Waals surface area contributed by atoms with Gasteiger partial charge in [-0.05, 0) is 57.1 Å². The van der Waals surface area contributed by atoms with Crippen LogP contribution in [0, 0.1) is 30.1 Å². The van der Waals surface area contributed by atoms with Crippen LogP contribution < -0.4 is 0 Å². The van der Waals surface area contributed by atoms with Gasteiger partial charge < -0.3 is 9.84 Å². The first-order valence-corrected chi connectivity index (χ1v) is 13.4. The van der Waals surface area contributed by atoms with E-state index in [9.17, 15) is 14.7 Å². The molecule has 6 heteroatoms. The molecule has 2 rings (SSSR count). The van der Waals surface area contributed by atoms with Gasteiger partial charge in [0.15, 0.2) is 0 Å². The molecule has 2 heterocycles. The third-order valence-corrected chi connectivity index (χ3v) is 8.42. The molecule has 190 valence electrons. The minimum Gasteiger partial charge on any atom is -0.457 e. The van der Waals surface area contributed by atoms with Crippen LogP contribution in [0.2, 0.25) is 0 Å². The number of esters is 1. The number of nitrogens with zero attached hydrogens (tertiary/aromatic N) is 1. The molecule has 1 unspecified atom stereocenters. The fourth-order valence-electron chi connectivity index (χ4n) is 4.58. The molecule has 34 heavy (non-hydrogen) atoms. The lowest BCUT2D eigenvalue weighted by molar-refractivity contribution is -0.153. The van der Waals surface area contributed by atoms with Crippen LogP contribution in [0.5, 0.6) is 0 Å². The molecule has 1 aromatic rings. The Morgan fingerprint density at radius 3 is 2.53 bits per heavy atom. The van der Waals surface area contributed by atoms with Crippen LogP contribution in [0.4, 0.5) is 0 Å². The number of allylic oxidation sites excluding steroid dienone is 1. The van der Waals surface area contributed by atoms with E-state index in [2.05, 4.69) is 31.8 Å². The van der Waals surface area contributed by atoms with Crippen LogP contribution in [0.15, 0.2) is 22.6 Å². The van der Waals surface area contributed by atoms with Crippen molar-refractivity contribution in [2.75, 3.05) is 0 Å². The van der Waals surface area contributed by atoms with Gasteiger partial charge in [-0.15, -0.1) is 11.3 Å². The quantitative estimate of drug-likeness (QED) is 0.377. The zero-order valence-corrected chi connectivity index (χ0v) is 23.0. The number of ketones is 1. The second-order valence-corrected chi connectivity index (χ2v) is 11.8. The highest BCUT2D eigenvalue weighted by molar-refractivity contribution is 7.09. The van der Waals surface area contributed by atoms with E-state index in [1.165, 1.54) is 5.57 Å². The molecule has 0 aromatic carbocycles. The Labute approximate surface area is 209 Å². The summed E-state index contributed by atoms with van der Waals surface area (Å²) in [6, 6.07) is 0. The van der Waals surface area contributed by atoms with Crippen LogP contribution >= 0.6 is 11.3 Å². The summed E-state index contributed by atoms with van der Waals surface area (Å²) in [5, 5.41) is 13.9. The number of rotatable bonds is 2. The van der Waals surface area contributed by atoms with E-state index in [1.54, 1.807) is 25.2 Å². The molecule has 0 fully saturated rings. The minimum atomic E-state index is -1.10. The maximum atomic E-state index is 13.3. The first kappa shape index (κ1) is 28.4. The molecule has 0 radical (unpaired) electrons. The normalized spacial score (nSPS) is 32.1. The standard InChI is InChI=1S/C28H43NO4S/c1-17-10-9-11-18(2)20(4)21(5)27(32)28(7,8)25(30)15-26(31)33-24(13-12-17)19(3)14-23-16-34-22(6)29-23/h12,14,16,18,20-21,24-25,30H,9-11,13,15H2,1-8H3/b17-12-,19-14+/t18-,20-,21+,24?,25-/m0/s1. The number of thiazole rings is 1. The Kier molecular flexibility index (Phi) is 10.3. The average Bonchev–Trinajstić information content (AvgIpc) is 3.18. The third kappa shape index (κ3) is 7.61. The van der Waals surface area contributed by atoms with E-state index in [-0.39, 0.29) is 24.0 Å². The lowest BCUT2D eigenvalue weighted by Gasteiger charge is -2.35. The summed E-state index contributed by atoms with van der Waals surface area (Å²) in [6.45, 7) is 15.8. The van der Waals surface area contributed by atoms with Crippen molar-refractivity contribution in [2.45, 2.75) is 99.7 Å². The van der Waals surface area contributed by atoms with E-state index < -0.39 is 23.6 Å². The first-order chi connectivity index (χ1) is 15.8. The fourth-order valence-corrected chi connectivity index (χ4v) is 5.15. The second-order valence-electron chi connectivity index (χ2n) is 10.8. The van der Waals surface area contributed by atoms with Gasteiger partial charge in [0.25, 0.3) is 0 Å². The van der Waals surface area contributed by atoms with Gasteiger partial charge in [-0.1, -0.05) is 52.7 Å². The van der Waals surface area contributed by atoms with E-state index in [4.69, 9.17) is 4.74 Å². The molecule has 1 aliphatic heterocycles. The molecule has 1 aliphatic rings. The second kappa shape index (κ2) is 12.3. The molecule has 5 atom stereocenters. The zero-order chi connectivity index (χ0) is 25.6. The molecular formula is C28H43NO4S. The van der Waals surface area contributed by atoms with Crippen molar-refractivity contribution >= 4 is 29.2 Å². The topological polar surface area (TPSA) is 76.5 Å². The van der Waals surface area contributed by atoms with E-state index in [0.717, 1.165) is 35.5 Å². The van der Waals surface area contributed by atoms with Crippen LogP contribution in [-0.4, -0.2) is 34.1 Å². The predicted molar refractivity (Wildman–Crippen MR) is 140 cm³/mol. The number of aryl methyl sites for hydroxylation is 1. The molecule has 0 saturated carbocycles. The van der Waals surface area contributed by atoms with Gasteiger partial charge in [-0.2, -0.15) is 0 Å². The number of carbonyl (C=O) groups is 2. The van der Waals surface area contributed by atoms with Crippen molar-refractivity contribution in [3.8, 4) is 0 Å². The molecule has 0 spiro atoms.